The number of hydrogen-bond donors (Lipinski definition) is 1. The Bertz CT molecular complexity index is 831. The number of sulfonamides is 1. The van der Waals surface area contributed by atoms with E-state index in [0.717, 1.165) is 10.4 Å². The highest BCUT2D eigenvalue weighted by molar-refractivity contribution is 7.91. The van der Waals surface area contributed by atoms with Crippen molar-refractivity contribution in [1.82, 2.24) is 4.31 Å². The fourth-order valence-corrected chi connectivity index (χ4v) is 5.49. The summed E-state index contributed by atoms with van der Waals surface area (Å²) in [6.45, 7) is 3.10. The van der Waals surface area contributed by atoms with E-state index in [4.69, 9.17) is 5.11 Å². The molecular formula is C15H21NO6S2. The predicted molar refractivity (Wildman–Crippen MR) is 87.9 cm³/mol. The van der Waals surface area contributed by atoms with E-state index in [1.807, 2.05) is 0 Å². The Hall–Kier alpha value is -1.45. The summed E-state index contributed by atoms with van der Waals surface area (Å²) in [5.41, 5.74) is 0. The van der Waals surface area contributed by atoms with Crippen LogP contribution in [0.3, 0.4) is 0 Å². The molecule has 1 aliphatic heterocycles. The largest absolute Gasteiger partial charge is 0.481 e. The number of piperidine rings is 1. The van der Waals surface area contributed by atoms with Gasteiger partial charge in [-0.25, -0.2) is 16.8 Å². The molecule has 1 aliphatic rings. The molecule has 9 heteroatoms. The zero-order valence-electron chi connectivity index (χ0n) is 13.5. The number of carboxylic acid groups (broad SMARTS) is 1. The Labute approximate surface area is 142 Å². The van der Waals surface area contributed by atoms with Crippen LogP contribution in [-0.4, -0.2) is 50.6 Å². The lowest BCUT2D eigenvalue weighted by Crippen LogP contribution is -2.47. The number of carbonyl (C=O) groups is 1. The lowest BCUT2D eigenvalue weighted by atomic mass is 9.96. The summed E-state index contributed by atoms with van der Waals surface area (Å²) >= 11 is 0. The maximum absolute atomic E-state index is 12.9. The van der Waals surface area contributed by atoms with Gasteiger partial charge in [-0.1, -0.05) is 13.0 Å². The summed E-state index contributed by atoms with van der Waals surface area (Å²) in [5, 5.41) is 9.16. The molecule has 0 bridgehead atoms. The molecule has 134 valence electrons. The molecule has 1 aromatic rings. The molecule has 1 aromatic carbocycles. The first-order valence-electron chi connectivity index (χ1n) is 7.67. The van der Waals surface area contributed by atoms with E-state index in [2.05, 4.69) is 0 Å². The summed E-state index contributed by atoms with van der Waals surface area (Å²) < 4.78 is 50.9. The molecule has 2 rings (SSSR count). The summed E-state index contributed by atoms with van der Waals surface area (Å²) in [7, 11) is -7.49. The molecule has 1 saturated heterocycles. The highest BCUT2D eigenvalue weighted by Gasteiger charge is 2.37. The highest BCUT2D eigenvalue weighted by Crippen LogP contribution is 2.29. The third kappa shape index (κ3) is 3.62. The Balaban J connectivity index is 2.43. The van der Waals surface area contributed by atoms with Crippen molar-refractivity contribution in [3.63, 3.8) is 0 Å². The maximum atomic E-state index is 12.9. The van der Waals surface area contributed by atoms with E-state index in [1.165, 1.54) is 25.1 Å². The van der Waals surface area contributed by atoms with Gasteiger partial charge in [0.25, 0.3) is 0 Å². The van der Waals surface area contributed by atoms with Crippen LogP contribution in [0.4, 0.5) is 0 Å². The maximum Gasteiger partial charge on any atom is 0.307 e. The molecule has 0 aliphatic carbocycles. The lowest BCUT2D eigenvalue weighted by Gasteiger charge is -2.35. The molecule has 0 aromatic heterocycles. The molecule has 24 heavy (non-hydrogen) atoms. The van der Waals surface area contributed by atoms with Crippen LogP contribution >= 0.6 is 0 Å². The van der Waals surface area contributed by atoms with Gasteiger partial charge in [0.15, 0.2) is 9.84 Å². The molecule has 1 N–H and O–H groups in total. The van der Waals surface area contributed by atoms with Crippen LogP contribution < -0.4 is 0 Å². The van der Waals surface area contributed by atoms with E-state index in [0.29, 0.717) is 12.8 Å². The number of nitrogens with zero attached hydrogens (tertiary/aromatic N) is 1. The van der Waals surface area contributed by atoms with Crippen LogP contribution in [0, 0.1) is 5.92 Å². The van der Waals surface area contributed by atoms with Crippen molar-refractivity contribution in [2.45, 2.75) is 42.5 Å². The Kier molecular flexibility index (Phi) is 5.36. The number of hydrogen-bond acceptors (Lipinski definition) is 5. The van der Waals surface area contributed by atoms with Crippen LogP contribution in [0.2, 0.25) is 0 Å². The number of carboxylic acids is 1. The fourth-order valence-electron chi connectivity index (χ4n) is 2.74. The minimum atomic E-state index is -3.96. The molecule has 0 spiro atoms. The van der Waals surface area contributed by atoms with Gasteiger partial charge in [-0.05, 0) is 38.0 Å². The molecule has 0 radical (unpaired) electrons. The van der Waals surface area contributed by atoms with Gasteiger partial charge in [0.1, 0.15) is 0 Å². The highest BCUT2D eigenvalue weighted by atomic mass is 32.2. The van der Waals surface area contributed by atoms with Crippen molar-refractivity contribution in [2.75, 3.05) is 12.3 Å². The molecule has 2 atom stereocenters. The second kappa shape index (κ2) is 6.81. The first-order chi connectivity index (χ1) is 11.1. The van der Waals surface area contributed by atoms with Gasteiger partial charge in [0, 0.05) is 12.6 Å². The monoisotopic (exact) mass is 375 g/mol. The Morgan fingerprint density at radius 1 is 1.21 bits per heavy atom. The fraction of sp³-hybridized carbons (Fsp3) is 0.533. The molecule has 2 unspecified atom stereocenters. The van der Waals surface area contributed by atoms with E-state index < -0.39 is 31.7 Å². The average Bonchev–Trinajstić information content (AvgIpc) is 2.55. The van der Waals surface area contributed by atoms with Gasteiger partial charge in [-0.15, -0.1) is 0 Å². The number of aliphatic carboxylic acids is 1. The summed E-state index contributed by atoms with van der Waals surface area (Å²) in [6, 6.07) is 4.89. The number of sulfone groups is 1. The molecule has 0 saturated carbocycles. The van der Waals surface area contributed by atoms with Gasteiger partial charge in [-0.3, -0.25) is 4.79 Å². The zero-order chi connectivity index (χ0) is 18.1. The second-order valence-corrected chi connectivity index (χ2v) is 10.1. The van der Waals surface area contributed by atoms with Crippen LogP contribution in [0.1, 0.15) is 26.7 Å². The van der Waals surface area contributed by atoms with Gasteiger partial charge in [-0.2, -0.15) is 4.31 Å². The first-order valence-corrected chi connectivity index (χ1v) is 10.8. The van der Waals surface area contributed by atoms with Crippen molar-refractivity contribution in [1.29, 1.82) is 0 Å². The van der Waals surface area contributed by atoms with Crippen molar-refractivity contribution in [2.24, 2.45) is 5.92 Å². The quantitative estimate of drug-likeness (QED) is 0.832. The lowest BCUT2D eigenvalue weighted by molar-refractivity contribution is -0.143. The van der Waals surface area contributed by atoms with Crippen LogP contribution in [0.15, 0.2) is 34.1 Å². The molecule has 7 nitrogen and oxygen atoms in total. The van der Waals surface area contributed by atoms with E-state index in [9.17, 15) is 21.6 Å². The van der Waals surface area contributed by atoms with Crippen molar-refractivity contribution >= 4 is 25.8 Å². The van der Waals surface area contributed by atoms with Gasteiger partial charge in [0.2, 0.25) is 10.0 Å². The standard InChI is InChI=1S/C15H21NO6S2/c1-3-23(19,20)13-5-4-6-14(9-13)24(21,22)16-10-12(15(17)18)8-7-11(16)2/h4-6,9,11-12H,3,7-8,10H2,1-2H3,(H,17,18). The molecular weight excluding hydrogens is 354 g/mol. The van der Waals surface area contributed by atoms with Crippen molar-refractivity contribution < 1.29 is 26.7 Å². The summed E-state index contributed by atoms with van der Waals surface area (Å²) in [5.74, 6) is -1.90. The second-order valence-electron chi connectivity index (χ2n) is 5.91. The SMILES string of the molecule is CCS(=O)(=O)c1cccc(S(=O)(=O)N2CC(C(=O)O)CCC2C)c1. The van der Waals surface area contributed by atoms with Crippen molar-refractivity contribution in [3.05, 3.63) is 24.3 Å². The van der Waals surface area contributed by atoms with Gasteiger partial charge < -0.3 is 5.11 Å². The molecule has 1 fully saturated rings. The zero-order valence-corrected chi connectivity index (χ0v) is 15.2. The number of benzene rings is 1. The third-order valence-electron chi connectivity index (χ3n) is 4.33. The van der Waals surface area contributed by atoms with E-state index in [-0.39, 0.29) is 28.1 Å². The topological polar surface area (TPSA) is 109 Å². The average molecular weight is 375 g/mol. The summed E-state index contributed by atoms with van der Waals surface area (Å²) in [4.78, 5) is 11.0. The molecule has 0 amide bonds. The first kappa shape index (κ1) is 18.9. The minimum absolute atomic E-state index is 0.0504. The minimum Gasteiger partial charge on any atom is -0.481 e. The third-order valence-corrected chi connectivity index (χ3v) is 8.03. The Morgan fingerprint density at radius 3 is 2.42 bits per heavy atom. The van der Waals surface area contributed by atoms with Crippen LogP contribution in [0.25, 0.3) is 0 Å². The molecule has 1 heterocycles. The van der Waals surface area contributed by atoms with E-state index in [1.54, 1.807) is 6.92 Å². The normalized spacial score (nSPS) is 23.1. The number of rotatable bonds is 5. The summed E-state index contributed by atoms with van der Waals surface area (Å²) in [6.07, 6.45) is 0.871. The van der Waals surface area contributed by atoms with Crippen LogP contribution in [0.5, 0.6) is 0 Å². The Morgan fingerprint density at radius 2 is 1.83 bits per heavy atom. The van der Waals surface area contributed by atoms with Gasteiger partial charge >= 0.3 is 5.97 Å². The van der Waals surface area contributed by atoms with Crippen LogP contribution in [-0.2, 0) is 24.7 Å². The predicted octanol–water partition coefficient (Wildman–Crippen LogP) is 1.35. The smallest absolute Gasteiger partial charge is 0.307 e. The van der Waals surface area contributed by atoms with Gasteiger partial charge in [0.05, 0.1) is 21.5 Å². The van der Waals surface area contributed by atoms with E-state index >= 15 is 0 Å². The van der Waals surface area contributed by atoms with Crippen molar-refractivity contribution in [3.8, 4) is 0 Å².